The van der Waals surface area contributed by atoms with Crippen LogP contribution in [0.25, 0.3) is 0 Å². The lowest BCUT2D eigenvalue weighted by molar-refractivity contribution is -0.0314. The van der Waals surface area contributed by atoms with Gasteiger partial charge in [-0.3, -0.25) is 9.69 Å². The van der Waals surface area contributed by atoms with E-state index in [2.05, 4.69) is 15.9 Å². The number of ether oxygens (including phenoxy) is 4. The van der Waals surface area contributed by atoms with E-state index >= 15 is 0 Å². The Labute approximate surface area is 303 Å². The van der Waals surface area contributed by atoms with Crippen LogP contribution in [0.2, 0.25) is 5.02 Å². The minimum Gasteiger partial charge on any atom is -0.487 e. The molecular weight excluding hydrogens is 676 g/mol. The average Bonchev–Trinajstić information content (AvgIpc) is 3.12. The van der Waals surface area contributed by atoms with Crippen molar-refractivity contribution < 1.29 is 32.2 Å². The molecule has 1 aliphatic carbocycles. The van der Waals surface area contributed by atoms with E-state index in [9.17, 15) is 13.2 Å². The van der Waals surface area contributed by atoms with Gasteiger partial charge in [0.05, 0.1) is 43.0 Å². The number of aryl methyl sites for hydroxylation is 1. The summed E-state index contributed by atoms with van der Waals surface area (Å²) in [5.41, 5.74) is 3.51. The van der Waals surface area contributed by atoms with Crippen molar-refractivity contribution in [1.82, 2.24) is 4.90 Å². The number of Topliss-reactive ketones (excluding diaryl/α,β-unsaturated/α-hetero) is 1. The summed E-state index contributed by atoms with van der Waals surface area (Å²) < 4.78 is 52.1. The highest BCUT2D eigenvalue weighted by Crippen LogP contribution is 2.42. The third-order valence-corrected chi connectivity index (χ3v) is 13.5. The van der Waals surface area contributed by atoms with Crippen LogP contribution in [0.4, 0.5) is 5.69 Å². The molecule has 2 fully saturated rings. The maximum atomic E-state index is 13.8. The van der Waals surface area contributed by atoms with Crippen LogP contribution >= 0.6 is 11.6 Å². The van der Waals surface area contributed by atoms with Crippen molar-refractivity contribution in [2.75, 3.05) is 70.3 Å². The predicted molar refractivity (Wildman–Crippen MR) is 197 cm³/mol. The van der Waals surface area contributed by atoms with Crippen LogP contribution in [0.3, 0.4) is 0 Å². The minimum atomic E-state index is -3.82. The zero-order valence-electron chi connectivity index (χ0n) is 29.6. The van der Waals surface area contributed by atoms with E-state index in [1.807, 2.05) is 43.3 Å². The summed E-state index contributed by atoms with van der Waals surface area (Å²) in [6.45, 7) is 8.61. The Morgan fingerprint density at radius 1 is 1.02 bits per heavy atom. The van der Waals surface area contributed by atoms with Crippen molar-refractivity contribution in [1.29, 1.82) is 0 Å². The van der Waals surface area contributed by atoms with Crippen molar-refractivity contribution in [3.63, 3.8) is 0 Å². The summed E-state index contributed by atoms with van der Waals surface area (Å²) in [4.78, 5) is 18.5. The van der Waals surface area contributed by atoms with Crippen LogP contribution in [-0.2, 0) is 37.1 Å². The van der Waals surface area contributed by atoms with Gasteiger partial charge in [0.2, 0.25) is 0 Å². The molecular formula is C39H53ClN2O7S. The number of sulfone groups is 1. The lowest BCUT2D eigenvalue weighted by Crippen LogP contribution is -2.45. The average molecular weight is 729 g/mol. The summed E-state index contributed by atoms with van der Waals surface area (Å²) in [6, 6.07) is 11.4. The van der Waals surface area contributed by atoms with E-state index < -0.39 is 32.7 Å². The number of fused-ring (bicyclic) bond motifs is 3. The third kappa shape index (κ3) is 9.11. The van der Waals surface area contributed by atoms with Crippen molar-refractivity contribution in [3.05, 3.63) is 70.3 Å². The second-order valence-corrected chi connectivity index (χ2v) is 16.8. The molecule has 2 aromatic carbocycles. The first kappa shape index (κ1) is 37.3. The fourth-order valence-electron chi connectivity index (χ4n) is 7.98. The number of methoxy groups -OCH3 is 1. The van der Waals surface area contributed by atoms with Gasteiger partial charge in [-0.2, -0.15) is 0 Å². The number of morpholine rings is 1. The molecule has 5 unspecified atom stereocenters. The summed E-state index contributed by atoms with van der Waals surface area (Å²) in [6.07, 6.45) is 9.29. The topological polar surface area (TPSA) is 94.6 Å². The minimum absolute atomic E-state index is 0.0938. The van der Waals surface area contributed by atoms with Crippen molar-refractivity contribution in [2.24, 2.45) is 11.8 Å². The van der Waals surface area contributed by atoms with Crippen molar-refractivity contribution in [2.45, 2.75) is 75.9 Å². The Balaban J connectivity index is 1.34. The Kier molecular flexibility index (Phi) is 13.0. The first-order valence-corrected chi connectivity index (χ1v) is 20.5. The van der Waals surface area contributed by atoms with Crippen molar-refractivity contribution in [3.8, 4) is 5.75 Å². The van der Waals surface area contributed by atoms with Crippen molar-refractivity contribution >= 4 is 32.9 Å². The number of hydrogen-bond donors (Lipinski definition) is 0. The van der Waals surface area contributed by atoms with E-state index in [4.69, 9.17) is 30.5 Å². The molecule has 0 N–H and O–H groups in total. The molecule has 2 aromatic rings. The molecule has 4 aliphatic rings. The molecule has 0 spiro atoms. The molecule has 0 amide bonds. The number of ketones is 1. The van der Waals surface area contributed by atoms with Gasteiger partial charge in [-0.05, 0) is 98.2 Å². The van der Waals surface area contributed by atoms with Gasteiger partial charge in [0.1, 0.15) is 18.1 Å². The number of carbonyl (C=O) groups excluding carboxylic acids is 1. The highest BCUT2D eigenvalue weighted by Gasteiger charge is 2.39. The van der Waals surface area contributed by atoms with Gasteiger partial charge in [-0.1, -0.05) is 36.7 Å². The number of benzene rings is 2. The van der Waals surface area contributed by atoms with Crippen LogP contribution < -0.4 is 9.64 Å². The molecule has 5 atom stereocenters. The molecule has 1 saturated heterocycles. The van der Waals surface area contributed by atoms with Gasteiger partial charge in [-0.15, -0.1) is 0 Å². The zero-order chi connectivity index (χ0) is 35.1. The first-order chi connectivity index (χ1) is 24.3. The lowest BCUT2D eigenvalue weighted by atomic mass is 9.70. The molecule has 3 heterocycles. The van der Waals surface area contributed by atoms with Crippen LogP contribution in [-0.4, -0.2) is 102 Å². The standard InChI is InChI=1S/C39H53ClN2O7S/c1-3-39-38(46-2)9-6-8-36(48-22-19-41-17-20-47-21-18-41)33-14-11-30(33)25-42-16-5-4-7-28-23-32(40)13-10-31(28)26-49-37-15-12-29(24-34(37)42)35(43)27-50(39,44)45/h6,8,10,12-13,15,23-24,30,33,36,38-39H,3-5,7,9,11,14,16-22,25-27H2,1-2H3/b8-6+. The highest BCUT2D eigenvalue weighted by molar-refractivity contribution is 7.92. The molecule has 6 rings (SSSR count). The quantitative estimate of drug-likeness (QED) is 0.325. The van der Waals surface area contributed by atoms with Crippen LogP contribution in [0, 0.1) is 11.8 Å². The number of halogens is 1. The lowest BCUT2D eigenvalue weighted by Gasteiger charge is -2.44. The molecule has 9 nitrogen and oxygen atoms in total. The molecule has 274 valence electrons. The molecule has 0 radical (unpaired) electrons. The monoisotopic (exact) mass is 728 g/mol. The summed E-state index contributed by atoms with van der Waals surface area (Å²) >= 11 is 6.38. The Hall–Kier alpha value is -2.47. The molecule has 11 heteroatoms. The summed E-state index contributed by atoms with van der Waals surface area (Å²) in [5, 5.41) is -0.0865. The Bertz CT molecular complexity index is 1590. The first-order valence-electron chi connectivity index (χ1n) is 18.4. The predicted octanol–water partition coefficient (Wildman–Crippen LogP) is 6.16. The number of nitrogens with zero attached hydrogens (tertiary/aromatic N) is 2. The van der Waals surface area contributed by atoms with E-state index in [1.165, 1.54) is 5.56 Å². The fourth-order valence-corrected chi connectivity index (χ4v) is 10.1. The second kappa shape index (κ2) is 17.4. The smallest absolute Gasteiger partial charge is 0.177 e. The van der Waals surface area contributed by atoms with Crippen LogP contribution in [0.5, 0.6) is 5.75 Å². The van der Waals surface area contributed by atoms with E-state index in [0.717, 1.165) is 94.3 Å². The van der Waals surface area contributed by atoms with Gasteiger partial charge in [-0.25, -0.2) is 8.42 Å². The molecule has 0 aromatic heterocycles. The highest BCUT2D eigenvalue weighted by atomic mass is 35.5. The largest absolute Gasteiger partial charge is 0.487 e. The van der Waals surface area contributed by atoms with E-state index in [-0.39, 0.29) is 6.10 Å². The van der Waals surface area contributed by atoms with Gasteiger partial charge < -0.3 is 23.8 Å². The zero-order valence-corrected chi connectivity index (χ0v) is 31.1. The number of carbonyl (C=O) groups is 1. The van der Waals surface area contributed by atoms with E-state index in [1.54, 1.807) is 13.2 Å². The molecule has 50 heavy (non-hydrogen) atoms. The molecule has 3 aliphatic heterocycles. The number of anilines is 1. The summed E-state index contributed by atoms with van der Waals surface area (Å²) in [5.74, 6) is 0.410. The maximum absolute atomic E-state index is 13.8. The second-order valence-electron chi connectivity index (χ2n) is 14.2. The Morgan fingerprint density at radius 2 is 1.86 bits per heavy atom. The molecule has 2 bridgehead atoms. The fraction of sp³-hybridized carbons (Fsp3) is 0.615. The SMILES string of the molecule is CCC1C(OC)C/C=C/C(OCCN2CCOCC2)C2CCC2CN2CCCCc3cc(Cl)ccc3COc3ccc(cc32)C(=O)CS1(=O)=O. The van der Waals surface area contributed by atoms with Crippen LogP contribution in [0.15, 0.2) is 48.6 Å². The van der Waals surface area contributed by atoms with Gasteiger partial charge in [0.15, 0.2) is 15.6 Å². The summed E-state index contributed by atoms with van der Waals surface area (Å²) in [7, 11) is -2.27. The normalized spacial score (nSPS) is 28.7. The Morgan fingerprint density at radius 3 is 2.62 bits per heavy atom. The van der Waals surface area contributed by atoms with E-state index in [0.29, 0.717) is 49.2 Å². The van der Waals surface area contributed by atoms with Gasteiger partial charge in [0.25, 0.3) is 0 Å². The van der Waals surface area contributed by atoms with Crippen LogP contribution in [0.1, 0.15) is 66.9 Å². The van der Waals surface area contributed by atoms with Gasteiger partial charge in [0, 0.05) is 50.4 Å². The molecule has 1 saturated carbocycles. The number of rotatable bonds is 6. The number of hydrogen-bond acceptors (Lipinski definition) is 9. The third-order valence-electron chi connectivity index (χ3n) is 11.1. The maximum Gasteiger partial charge on any atom is 0.177 e. The van der Waals surface area contributed by atoms with Gasteiger partial charge >= 0.3 is 0 Å².